The van der Waals surface area contributed by atoms with Gasteiger partial charge in [-0.1, -0.05) is 36.8 Å². The van der Waals surface area contributed by atoms with Crippen molar-refractivity contribution in [3.8, 4) is 0 Å². The highest BCUT2D eigenvalue weighted by Crippen LogP contribution is 2.51. The standard InChI is InChI=1S/C17H20O2/c1-11(18)16(15-10-12-7-8-14(15)9-12)17(19)13-5-3-2-4-6-13/h2-6,12,14-16H,7-10H2,1H3. The van der Waals surface area contributed by atoms with Gasteiger partial charge in [-0.05, 0) is 43.9 Å². The SMILES string of the molecule is CC(=O)C(C(=O)c1ccccc1)C1CC2CCC1C2. The Balaban J connectivity index is 1.86. The molecule has 0 radical (unpaired) electrons. The average Bonchev–Trinajstić information content (AvgIpc) is 3.02. The summed E-state index contributed by atoms with van der Waals surface area (Å²) >= 11 is 0. The van der Waals surface area contributed by atoms with E-state index in [9.17, 15) is 9.59 Å². The topological polar surface area (TPSA) is 34.1 Å². The molecule has 0 saturated heterocycles. The van der Waals surface area contributed by atoms with Gasteiger partial charge in [0.2, 0.25) is 0 Å². The van der Waals surface area contributed by atoms with Crippen LogP contribution in [0, 0.1) is 23.7 Å². The van der Waals surface area contributed by atoms with Crippen molar-refractivity contribution in [1.29, 1.82) is 0 Å². The molecule has 19 heavy (non-hydrogen) atoms. The van der Waals surface area contributed by atoms with Gasteiger partial charge in [0.15, 0.2) is 5.78 Å². The van der Waals surface area contributed by atoms with Crippen LogP contribution in [0.25, 0.3) is 0 Å². The molecular weight excluding hydrogens is 236 g/mol. The molecule has 2 saturated carbocycles. The third-order valence-electron chi connectivity index (χ3n) is 5.00. The molecule has 1 aromatic carbocycles. The summed E-state index contributed by atoms with van der Waals surface area (Å²) in [4.78, 5) is 24.6. The van der Waals surface area contributed by atoms with Crippen molar-refractivity contribution in [2.24, 2.45) is 23.7 Å². The predicted molar refractivity (Wildman–Crippen MR) is 73.9 cm³/mol. The first kappa shape index (κ1) is 12.6. The second-order valence-corrected chi connectivity index (χ2v) is 6.16. The van der Waals surface area contributed by atoms with Crippen LogP contribution in [0.1, 0.15) is 43.0 Å². The van der Waals surface area contributed by atoms with E-state index in [4.69, 9.17) is 0 Å². The van der Waals surface area contributed by atoms with Gasteiger partial charge in [-0.25, -0.2) is 0 Å². The summed E-state index contributed by atoms with van der Waals surface area (Å²) in [6.45, 7) is 1.58. The predicted octanol–water partition coefficient (Wildman–Crippen LogP) is 3.51. The molecule has 2 bridgehead atoms. The van der Waals surface area contributed by atoms with Crippen LogP contribution in [-0.2, 0) is 4.79 Å². The normalized spacial score (nSPS) is 30.3. The molecule has 4 atom stereocenters. The van der Waals surface area contributed by atoms with Crippen LogP contribution in [0.4, 0.5) is 0 Å². The van der Waals surface area contributed by atoms with Crippen LogP contribution in [0.2, 0.25) is 0 Å². The maximum atomic E-state index is 12.6. The minimum atomic E-state index is -0.405. The summed E-state index contributed by atoms with van der Waals surface area (Å²) in [6.07, 6.45) is 4.82. The Hall–Kier alpha value is -1.44. The first-order chi connectivity index (χ1) is 9.16. The van der Waals surface area contributed by atoms with Crippen LogP contribution in [0.3, 0.4) is 0 Å². The van der Waals surface area contributed by atoms with E-state index >= 15 is 0 Å². The van der Waals surface area contributed by atoms with Crippen LogP contribution in [0.5, 0.6) is 0 Å². The summed E-state index contributed by atoms with van der Waals surface area (Å²) in [5.41, 5.74) is 0.686. The summed E-state index contributed by atoms with van der Waals surface area (Å²) in [5, 5.41) is 0. The van der Waals surface area contributed by atoms with Crippen molar-refractivity contribution in [3.63, 3.8) is 0 Å². The van der Waals surface area contributed by atoms with E-state index in [1.807, 2.05) is 30.3 Å². The molecule has 2 aliphatic rings. The molecular formula is C17H20O2. The fourth-order valence-electron chi connectivity index (χ4n) is 4.16. The molecule has 2 fully saturated rings. The van der Waals surface area contributed by atoms with E-state index in [-0.39, 0.29) is 11.6 Å². The van der Waals surface area contributed by atoms with Gasteiger partial charge in [-0.2, -0.15) is 0 Å². The van der Waals surface area contributed by atoms with E-state index in [0.29, 0.717) is 17.4 Å². The Morgan fingerprint density at radius 1 is 1.11 bits per heavy atom. The molecule has 0 aromatic heterocycles. The van der Waals surface area contributed by atoms with Crippen molar-refractivity contribution >= 4 is 11.6 Å². The molecule has 2 aliphatic carbocycles. The molecule has 3 rings (SSSR count). The smallest absolute Gasteiger partial charge is 0.173 e. The second-order valence-electron chi connectivity index (χ2n) is 6.16. The Kier molecular flexibility index (Phi) is 3.26. The van der Waals surface area contributed by atoms with Gasteiger partial charge in [0.1, 0.15) is 5.78 Å². The van der Waals surface area contributed by atoms with Gasteiger partial charge in [0.05, 0.1) is 5.92 Å². The van der Waals surface area contributed by atoms with E-state index in [1.165, 1.54) is 19.3 Å². The van der Waals surface area contributed by atoms with Crippen LogP contribution < -0.4 is 0 Å². The van der Waals surface area contributed by atoms with Crippen LogP contribution in [-0.4, -0.2) is 11.6 Å². The Morgan fingerprint density at radius 2 is 1.84 bits per heavy atom. The number of carbonyl (C=O) groups is 2. The zero-order chi connectivity index (χ0) is 13.4. The summed E-state index contributed by atoms with van der Waals surface area (Å²) in [6, 6.07) is 9.28. The van der Waals surface area contributed by atoms with Gasteiger partial charge >= 0.3 is 0 Å². The lowest BCUT2D eigenvalue weighted by atomic mass is 9.74. The van der Waals surface area contributed by atoms with Crippen molar-refractivity contribution in [2.75, 3.05) is 0 Å². The summed E-state index contributed by atoms with van der Waals surface area (Å²) in [7, 11) is 0. The second kappa shape index (κ2) is 4.92. The number of carbonyl (C=O) groups excluding carboxylic acids is 2. The van der Waals surface area contributed by atoms with Crippen molar-refractivity contribution in [3.05, 3.63) is 35.9 Å². The molecule has 0 heterocycles. The highest BCUT2D eigenvalue weighted by atomic mass is 16.1. The third-order valence-corrected chi connectivity index (χ3v) is 5.00. The lowest BCUT2D eigenvalue weighted by Crippen LogP contribution is -2.33. The van der Waals surface area contributed by atoms with E-state index in [1.54, 1.807) is 6.92 Å². The van der Waals surface area contributed by atoms with Gasteiger partial charge in [-0.15, -0.1) is 0 Å². The molecule has 1 aromatic rings. The number of fused-ring (bicyclic) bond motifs is 2. The Morgan fingerprint density at radius 3 is 2.37 bits per heavy atom. The number of benzene rings is 1. The highest BCUT2D eigenvalue weighted by Gasteiger charge is 2.46. The number of Topliss-reactive ketones (excluding diaryl/α,β-unsaturated/α-hetero) is 2. The first-order valence-electron chi connectivity index (χ1n) is 7.26. The Bertz CT molecular complexity index is 491. The lowest BCUT2D eigenvalue weighted by molar-refractivity contribution is -0.121. The van der Waals surface area contributed by atoms with Crippen LogP contribution in [0.15, 0.2) is 30.3 Å². The van der Waals surface area contributed by atoms with Gasteiger partial charge in [0, 0.05) is 5.56 Å². The van der Waals surface area contributed by atoms with Gasteiger partial charge < -0.3 is 0 Å². The molecule has 4 unspecified atom stereocenters. The van der Waals surface area contributed by atoms with Gasteiger partial charge in [0.25, 0.3) is 0 Å². The monoisotopic (exact) mass is 256 g/mol. The maximum Gasteiger partial charge on any atom is 0.173 e. The highest BCUT2D eigenvalue weighted by molar-refractivity contribution is 6.10. The van der Waals surface area contributed by atoms with Crippen molar-refractivity contribution in [1.82, 2.24) is 0 Å². The quantitative estimate of drug-likeness (QED) is 0.610. The summed E-state index contributed by atoms with van der Waals surface area (Å²) in [5.74, 6) is 1.34. The van der Waals surface area contributed by atoms with Crippen molar-refractivity contribution < 1.29 is 9.59 Å². The van der Waals surface area contributed by atoms with Gasteiger partial charge in [-0.3, -0.25) is 9.59 Å². The van der Waals surface area contributed by atoms with E-state index < -0.39 is 5.92 Å². The largest absolute Gasteiger partial charge is 0.299 e. The molecule has 0 amide bonds. The minimum Gasteiger partial charge on any atom is -0.299 e. The molecule has 2 heteroatoms. The molecule has 0 aliphatic heterocycles. The first-order valence-corrected chi connectivity index (χ1v) is 7.26. The Labute approximate surface area is 114 Å². The molecule has 0 spiro atoms. The van der Waals surface area contributed by atoms with Crippen molar-refractivity contribution in [2.45, 2.75) is 32.6 Å². The third kappa shape index (κ3) is 2.24. The molecule has 100 valence electrons. The molecule has 2 nitrogen and oxygen atoms in total. The van der Waals surface area contributed by atoms with E-state index in [2.05, 4.69) is 0 Å². The number of rotatable bonds is 4. The number of ketones is 2. The minimum absolute atomic E-state index is 0.0330. The number of hydrogen-bond acceptors (Lipinski definition) is 2. The lowest BCUT2D eigenvalue weighted by Gasteiger charge is -2.27. The number of hydrogen-bond donors (Lipinski definition) is 0. The van der Waals surface area contributed by atoms with E-state index in [0.717, 1.165) is 12.3 Å². The summed E-state index contributed by atoms with van der Waals surface area (Å²) < 4.78 is 0. The average molecular weight is 256 g/mol. The van der Waals surface area contributed by atoms with Crippen LogP contribution >= 0.6 is 0 Å². The zero-order valence-corrected chi connectivity index (χ0v) is 11.3. The zero-order valence-electron chi connectivity index (χ0n) is 11.3. The fourth-order valence-corrected chi connectivity index (χ4v) is 4.16. The maximum absolute atomic E-state index is 12.6. The molecule has 0 N–H and O–H groups in total. The fraction of sp³-hybridized carbons (Fsp3) is 0.529.